The van der Waals surface area contributed by atoms with Crippen molar-refractivity contribution in [3.8, 4) is 11.5 Å². The monoisotopic (exact) mass is 395 g/mol. The van der Waals surface area contributed by atoms with Crippen LogP contribution in [0, 0.1) is 11.3 Å². The molecule has 0 atom stereocenters. The molecule has 4 heteroatoms. The molecule has 2 aromatic carbocycles. The molecule has 1 amide bonds. The van der Waals surface area contributed by atoms with Crippen molar-refractivity contribution in [3.63, 3.8) is 0 Å². The summed E-state index contributed by atoms with van der Waals surface area (Å²) in [5, 5.41) is 12.7. The lowest BCUT2D eigenvalue weighted by Crippen LogP contribution is -2.25. The molecule has 0 aromatic heterocycles. The molecule has 1 fully saturated rings. The molecule has 0 bridgehead atoms. The third kappa shape index (κ3) is 5.53. The third-order valence-corrected chi connectivity index (χ3v) is 6.20. The Balaban J connectivity index is 1.61. The molecular weight excluding hydrogens is 362 g/mol. The Morgan fingerprint density at radius 1 is 1.10 bits per heavy atom. The molecule has 156 valence electrons. The summed E-state index contributed by atoms with van der Waals surface area (Å²) in [4.78, 5) is 12.5. The van der Waals surface area contributed by atoms with Crippen molar-refractivity contribution in [1.29, 1.82) is 0 Å². The molecule has 0 aliphatic heterocycles. The zero-order valence-corrected chi connectivity index (χ0v) is 18.0. The number of nitrogens with one attached hydrogen (secondary N) is 1. The van der Waals surface area contributed by atoms with E-state index in [-0.39, 0.29) is 18.1 Å². The Labute approximate surface area is 174 Å². The molecule has 1 aliphatic rings. The Morgan fingerprint density at radius 2 is 1.83 bits per heavy atom. The Morgan fingerprint density at radius 3 is 2.48 bits per heavy atom. The van der Waals surface area contributed by atoms with Crippen LogP contribution in [0.4, 0.5) is 5.69 Å². The number of carbonyl (C=O) groups is 1. The quantitative estimate of drug-likeness (QED) is 0.662. The van der Waals surface area contributed by atoms with E-state index in [0.29, 0.717) is 17.1 Å². The predicted molar refractivity (Wildman–Crippen MR) is 118 cm³/mol. The molecule has 0 spiro atoms. The number of methoxy groups -OCH3 is 1. The number of aromatic hydroxyl groups is 1. The standard InChI is InChI=1S/C25H33NO3/c1-25(2,3)20-11-9-18(10-12-20)19-6-5-7-21(16-19)26-24(28)15-17-8-13-22(27)23(14-17)29-4/h5-8,13-14,16,18,20,27H,9-12,15H2,1-4H3,(H,26,28). The number of benzene rings is 2. The zero-order chi connectivity index (χ0) is 21.0. The maximum atomic E-state index is 12.5. The van der Waals surface area contributed by atoms with Crippen LogP contribution in [0.15, 0.2) is 42.5 Å². The Hall–Kier alpha value is -2.49. The molecule has 4 nitrogen and oxygen atoms in total. The molecule has 29 heavy (non-hydrogen) atoms. The van der Waals surface area contributed by atoms with Crippen LogP contribution in [0.3, 0.4) is 0 Å². The van der Waals surface area contributed by atoms with E-state index in [4.69, 9.17) is 4.74 Å². The predicted octanol–water partition coefficient (Wildman–Crippen LogP) is 5.90. The normalized spacial score (nSPS) is 19.6. The maximum absolute atomic E-state index is 12.5. The summed E-state index contributed by atoms with van der Waals surface area (Å²) >= 11 is 0. The fourth-order valence-corrected chi connectivity index (χ4v) is 4.39. The number of ether oxygens (including phenoxy) is 1. The van der Waals surface area contributed by atoms with Gasteiger partial charge in [0.2, 0.25) is 5.91 Å². The number of amides is 1. The highest BCUT2D eigenvalue weighted by Gasteiger charge is 2.30. The van der Waals surface area contributed by atoms with Crippen LogP contribution >= 0.6 is 0 Å². The van der Waals surface area contributed by atoms with E-state index in [1.165, 1.54) is 38.4 Å². The van der Waals surface area contributed by atoms with E-state index >= 15 is 0 Å². The molecule has 0 radical (unpaired) electrons. The fraction of sp³-hybridized carbons (Fsp3) is 0.480. The topological polar surface area (TPSA) is 58.6 Å². The second-order valence-electron chi connectivity index (χ2n) is 9.27. The molecular formula is C25H33NO3. The van der Waals surface area contributed by atoms with Crippen molar-refractivity contribution in [3.05, 3.63) is 53.6 Å². The van der Waals surface area contributed by atoms with Crippen LogP contribution in [0.5, 0.6) is 11.5 Å². The molecule has 0 unspecified atom stereocenters. The summed E-state index contributed by atoms with van der Waals surface area (Å²) in [6, 6.07) is 13.3. The number of rotatable bonds is 5. The van der Waals surface area contributed by atoms with Gasteiger partial charge in [-0.3, -0.25) is 4.79 Å². The van der Waals surface area contributed by atoms with Crippen molar-refractivity contribution in [2.24, 2.45) is 11.3 Å². The zero-order valence-electron chi connectivity index (χ0n) is 18.0. The van der Waals surface area contributed by atoms with Gasteiger partial charge in [0.05, 0.1) is 13.5 Å². The average Bonchev–Trinajstić information content (AvgIpc) is 2.69. The van der Waals surface area contributed by atoms with Crippen LogP contribution in [0.25, 0.3) is 0 Å². The van der Waals surface area contributed by atoms with Gasteiger partial charge in [-0.1, -0.05) is 39.0 Å². The first-order valence-corrected chi connectivity index (χ1v) is 10.5. The van der Waals surface area contributed by atoms with Crippen molar-refractivity contribution in [2.45, 2.75) is 58.8 Å². The second-order valence-corrected chi connectivity index (χ2v) is 9.27. The average molecular weight is 396 g/mol. The van der Waals surface area contributed by atoms with Crippen molar-refractivity contribution >= 4 is 11.6 Å². The molecule has 2 aromatic rings. The van der Waals surface area contributed by atoms with E-state index in [1.54, 1.807) is 18.2 Å². The van der Waals surface area contributed by atoms with E-state index in [2.05, 4.69) is 38.2 Å². The van der Waals surface area contributed by atoms with Gasteiger partial charge in [0, 0.05) is 5.69 Å². The van der Waals surface area contributed by atoms with Gasteiger partial charge in [-0.15, -0.1) is 0 Å². The first kappa shape index (κ1) is 21.2. The van der Waals surface area contributed by atoms with Gasteiger partial charge in [0.15, 0.2) is 11.5 Å². The van der Waals surface area contributed by atoms with Crippen molar-refractivity contribution < 1.29 is 14.6 Å². The van der Waals surface area contributed by atoms with Gasteiger partial charge in [-0.05, 0) is 78.3 Å². The van der Waals surface area contributed by atoms with E-state index in [0.717, 1.165) is 17.2 Å². The van der Waals surface area contributed by atoms with Crippen LogP contribution in [0.2, 0.25) is 0 Å². The first-order chi connectivity index (χ1) is 13.8. The van der Waals surface area contributed by atoms with Crippen LogP contribution in [0.1, 0.15) is 63.5 Å². The molecule has 0 heterocycles. The highest BCUT2D eigenvalue weighted by molar-refractivity contribution is 5.92. The number of hydrogen-bond donors (Lipinski definition) is 2. The lowest BCUT2D eigenvalue weighted by Gasteiger charge is -2.37. The lowest BCUT2D eigenvalue weighted by atomic mass is 9.68. The number of phenolic OH excluding ortho intramolecular Hbond substituents is 1. The Bertz CT molecular complexity index is 845. The number of hydrogen-bond acceptors (Lipinski definition) is 3. The lowest BCUT2D eigenvalue weighted by molar-refractivity contribution is -0.115. The van der Waals surface area contributed by atoms with E-state index in [1.807, 2.05) is 12.1 Å². The molecule has 2 N–H and O–H groups in total. The summed E-state index contributed by atoms with van der Waals surface area (Å²) < 4.78 is 5.12. The number of phenols is 1. The van der Waals surface area contributed by atoms with Crippen molar-refractivity contribution in [1.82, 2.24) is 0 Å². The van der Waals surface area contributed by atoms with Crippen LogP contribution in [-0.2, 0) is 11.2 Å². The van der Waals surface area contributed by atoms with Gasteiger partial charge in [0.1, 0.15) is 0 Å². The van der Waals surface area contributed by atoms with Crippen LogP contribution < -0.4 is 10.1 Å². The largest absolute Gasteiger partial charge is 0.504 e. The molecule has 1 aliphatic carbocycles. The van der Waals surface area contributed by atoms with E-state index < -0.39 is 0 Å². The van der Waals surface area contributed by atoms with Crippen LogP contribution in [-0.4, -0.2) is 18.1 Å². The summed E-state index contributed by atoms with van der Waals surface area (Å²) in [5.41, 5.74) is 3.35. The first-order valence-electron chi connectivity index (χ1n) is 10.5. The molecule has 0 saturated heterocycles. The molecule has 3 rings (SSSR count). The van der Waals surface area contributed by atoms with E-state index in [9.17, 15) is 9.90 Å². The van der Waals surface area contributed by atoms with Gasteiger partial charge in [-0.25, -0.2) is 0 Å². The van der Waals surface area contributed by atoms with Crippen molar-refractivity contribution in [2.75, 3.05) is 12.4 Å². The Kier molecular flexibility index (Phi) is 6.51. The summed E-state index contributed by atoms with van der Waals surface area (Å²) in [7, 11) is 1.50. The molecule has 1 saturated carbocycles. The smallest absolute Gasteiger partial charge is 0.228 e. The minimum Gasteiger partial charge on any atom is -0.504 e. The fourth-order valence-electron chi connectivity index (χ4n) is 4.39. The van der Waals surface area contributed by atoms with Gasteiger partial charge < -0.3 is 15.2 Å². The minimum absolute atomic E-state index is 0.0746. The summed E-state index contributed by atoms with van der Waals surface area (Å²) in [5.74, 6) is 1.75. The number of anilines is 1. The second kappa shape index (κ2) is 8.89. The van der Waals surface area contributed by atoms with Gasteiger partial charge in [-0.2, -0.15) is 0 Å². The highest BCUT2D eigenvalue weighted by Crippen LogP contribution is 2.43. The maximum Gasteiger partial charge on any atom is 0.228 e. The van der Waals surface area contributed by atoms with Gasteiger partial charge in [0.25, 0.3) is 0 Å². The summed E-state index contributed by atoms with van der Waals surface area (Å²) in [6.45, 7) is 7.04. The minimum atomic E-state index is -0.0775. The summed E-state index contributed by atoms with van der Waals surface area (Å²) in [6.07, 6.45) is 5.21. The SMILES string of the molecule is COc1cc(CC(=O)Nc2cccc(C3CCC(C(C)(C)C)CC3)c2)ccc1O. The highest BCUT2D eigenvalue weighted by atomic mass is 16.5. The third-order valence-electron chi connectivity index (χ3n) is 6.20. The number of carbonyl (C=O) groups excluding carboxylic acids is 1. The van der Waals surface area contributed by atoms with Gasteiger partial charge >= 0.3 is 0 Å².